The lowest BCUT2D eigenvalue weighted by atomic mass is 10.2. The molecule has 0 atom stereocenters. The van der Waals surface area contributed by atoms with Crippen LogP contribution >= 0.6 is 0 Å². The van der Waals surface area contributed by atoms with E-state index in [1.54, 1.807) is 0 Å². The molecule has 4 nitrogen and oxygen atoms in total. The molecule has 0 radical (unpaired) electrons. The molecule has 5 heteroatoms. The number of nitrogens with zero attached hydrogens (tertiary/aromatic N) is 1. The molecule has 1 aliphatic rings. The molecule has 1 fully saturated rings. The van der Waals surface area contributed by atoms with E-state index in [9.17, 15) is 9.18 Å². The summed E-state index contributed by atoms with van der Waals surface area (Å²) in [7, 11) is 0. The van der Waals surface area contributed by atoms with Gasteiger partial charge in [-0.05, 0) is 18.6 Å². The SMILES string of the molecule is CCCCNC(=O)N1CC[NH+](Cc2ccc(F)cc2)CC1. The van der Waals surface area contributed by atoms with Gasteiger partial charge in [-0.25, -0.2) is 9.18 Å². The first-order valence-corrected chi connectivity index (χ1v) is 7.80. The highest BCUT2D eigenvalue weighted by Gasteiger charge is 2.23. The molecule has 0 aliphatic carbocycles. The molecule has 116 valence electrons. The molecular weight excluding hydrogens is 269 g/mol. The number of urea groups is 1. The maximum atomic E-state index is 12.9. The Hall–Kier alpha value is -1.62. The Kier molecular flexibility index (Phi) is 5.99. The monoisotopic (exact) mass is 294 g/mol. The Morgan fingerprint density at radius 1 is 1.29 bits per heavy atom. The summed E-state index contributed by atoms with van der Waals surface area (Å²) in [6.07, 6.45) is 2.12. The van der Waals surface area contributed by atoms with Crippen LogP contribution in [0.1, 0.15) is 25.3 Å². The van der Waals surface area contributed by atoms with Crippen LogP contribution in [0, 0.1) is 5.82 Å². The smallest absolute Gasteiger partial charge is 0.317 e. The van der Waals surface area contributed by atoms with Crippen LogP contribution in [0.15, 0.2) is 24.3 Å². The second kappa shape index (κ2) is 7.98. The number of rotatable bonds is 5. The van der Waals surface area contributed by atoms with Gasteiger partial charge < -0.3 is 15.1 Å². The van der Waals surface area contributed by atoms with Crippen LogP contribution in [-0.2, 0) is 6.54 Å². The predicted molar refractivity (Wildman–Crippen MR) is 80.7 cm³/mol. The standard InChI is InChI=1S/C16H24FN3O/c1-2-3-8-18-16(21)20-11-9-19(10-12-20)13-14-4-6-15(17)7-5-14/h4-7H,2-3,8-13H2,1H3,(H,18,21)/p+1. The Balaban J connectivity index is 1.72. The van der Waals surface area contributed by atoms with Gasteiger partial charge in [-0.1, -0.05) is 25.5 Å². The Bertz CT molecular complexity index is 441. The minimum atomic E-state index is -0.192. The Morgan fingerprint density at radius 2 is 1.95 bits per heavy atom. The van der Waals surface area contributed by atoms with Crippen LogP contribution in [0.5, 0.6) is 0 Å². The van der Waals surface area contributed by atoms with Crippen molar-refractivity contribution in [1.82, 2.24) is 10.2 Å². The minimum absolute atomic E-state index is 0.0595. The molecular formula is C16H25FN3O+. The first-order valence-electron chi connectivity index (χ1n) is 7.80. The lowest BCUT2D eigenvalue weighted by Gasteiger charge is -2.32. The average Bonchev–Trinajstić information content (AvgIpc) is 2.50. The summed E-state index contributed by atoms with van der Waals surface area (Å²) < 4.78 is 12.9. The van der Waals surface area contributed by atoms with Crippen LogP contribution in [0.4, 0.5) is 9.18 Å². The van der Waals surface area contributed by atoms with Gasteiger partial charge in [0.15, 0.2) is 0 Å². The fraction of sp³-hybridized carbons (Fsp3) is 0.562. The molecule has 2 N–H and O–H groups in total. The van der Waals surface area contributed by atoms with E-state index in [0.29, 0.717) is 0 Å². The van der Waals surface area contributed by atoms with Crippen molar-refractivity contribution in [3.05, 3.63) is 35.6 Å². The summed E-state index contributed by atoms with van der Waals surface area (Å²) in [4.78, 5) is 15.3. The van der Waals surface area contributed by atoms with Gasteiger partial charge in [0, 0.05) is 12.1 Å². The van der Waals surface area contributed by atoms with Gasteiger partial charge in [0.1, 0.15) is 12.4 Å². The fourth-order valence-corrected chi connectivity index (χ4v) is 2.58. The van der Waals surface area contributed by atoms with Crippen molar-refractivity contribution in [1.29, 1.82) is 0 Å². The molecule has 0 bridgehead atoms. The number of hydrogen-bond donors (Lipinski definition) is 2. The second-order valence-electron chi connectivity index (χ2n) is 5.63. The third kappa shape index (κ3) is 5.01. The predicted octanol–water partition coefficient (Wildman–Crippen LogP) is 1.04. The topological polar surface area (TPSA) is 36.8 Å². The number of piperazine rings is 1. The molecule has 0 aromatic heterocycles. The van der Waals surface area contributed by atoms with E-state index in [1.807, 2.05) is 17.0 Å². The van der Waals surface area contributed by atoms with Crippen LogP contribution < -0.4 is 10.2 Å². The van der Waals surface area contributed by atoms with E-state index in [-0.39, 0.29) is 11.8 Å². The van der Waals surface area contributed by atoms with E-state index in [2.05, 4.69) is 12.2 Å². The Labute approximate surface area is 125 Å². The summed E-state index contributed by atoms with van der Waals surface area (Å²) in [5.41, 5.74) is 1.15. The van der Waals surface area contributed by atoms with E-state index < -0.39 is 0 Å². The molecule has 0 unspecified atom stereocenters. The maximum absolute atomic E-state index is 12.9. The summed E-state index contributed by atoms with van der Waals surface area (Å²) in [5.74, 6) is -0.192. The van der Waals surface area contributed by atoms with Crippen molar-refractivity contribution >= 4 is 6.03 Å². The molecule has 2 rings (SSSR count). The van der Waals surface area contributed by atoms with Crippen LogP contribution in [0.3, 0.4) is 0 Å². The molecule has 1 heterocycles. The Morgan fingerprint density at radius 3 is 2.57 bits per heavy atom. The van der Waals surface area contributed by atoms with Crippen molar-refractivity contribution < 1.29 is 14.1 Å². The summed E-state index contributed by atoms with van der Waals surface area (Å²) in [6.45, 7) is 7.23. The minimum Gasteiger partial charge on any atom is -0.338 e. The first kappa shape index (κ1) is 15.8. The molecule has 21 heavy (non-hydrogen) atoms. The lowest BCUT2D eigenvalue weighted by molar-refractivity contribution is -0.917. The average molecular weight is 294 g/mol. The molecule has 1 saturated heterocycles. The molecule has 0 spiro atoms. The van der Waals surface area contributed by atoms with E-state index in [4.69, 9.17) is 0 Å². The zero-order valence-corrected chi connectivity index (χ0v) is 12.7. The van der Waals surface area contributed by atoms with Crippen molar-refractivity contribution in [2.24, 2.45) is 0 Å². The molecule has 0 saturated carbocycles. The number of carbonyl (C=O) groups excluding carboxylic acids is 1. The maximum Gasteiger partial charge on any atom is 0.317 e. The molecule has 1 aromatic rings. The summed E-state index contributed by atoms with van der Waals surface area (Å²) in [5, 5.41) is 2.96. The van der Waals surface area contributed by atoms with Gasteiger partial charge in [-0.3, -0.25) is 0 Å². The van der Waals surface area contributed by atoms with E-state index in [1.165, 1.54) is 17.0 Å². The highest BCUT2D eigenvalue weighted by molar-refractivity contribution is 5.74. The third-order valence-electron chi connectivity index (χ3n) is 3.93. The number of amides is 2. The number of hydrogen-bond acceptors (Lipinski definition) is 1. The van der Waals surface area contributed by atoms with E-state index >= 15 is 0 Å². The molecule has 1 aromatic carbocycles. The number of halogens is 1. The van der Waals surface area contributed by atoms with Crippen LogP contribution in [-0.4, -0.2) is 43.7 Å². The van der Waals surface area contributed by atoms with Crippen LogP contribution in [0.2, 0.25) is 0 Å². The zero-order chi connectivity index (χ0) is 15.1. The highest BCUT2D eigenvalue weighted by atomic mass is 19.1. The second-order valence-corrected chi connectivity index (χ2v) is 5.63. The third-order valence-corrected chi connectivity index (χ3v) is 3.93. The normalized spacial score (nSPS) is 16.0. The number of unbranched alkanes of at least 4 members (excludes halogenated alkanes) is 1. The number of carbonyl (C=O) groups is 1. The van der Waals surface area contributed by atoms with Gasteiger partial charge in [0.05, 0.1) is 26.2 Å². The lowest BCUT2D eigenvalue weighted by Crippen LogP contribution is -3.13. The van der Waals surface area contributed by atoms with Crippen LogP contribution in [0.25, 0.3) is 0 Å². The molecule has 1 aliphatic heterocycles. The van der Waals surface area contributed by atoms with Crippen molar-refractivity contribution in [2.75, 3.05) is 32.7 Å². The largest absolute Gasteiger partial charge is 0.338 e. The summed E-state index contributed by atoms with van der Waals surface area (Å²) >= 11 is 0. The fourth-order valence-electron chi connectivity index (χ4n) is 2.58. The first-order chi connectivity index (χ1) is 10.2. The summed E-state index contributed by atoms with van der Waals surface area (Å²) in [6, 6.07) is 6.75. The van der Waals surface area contributed by atoms with Gasteiger partial charge in [0.2, 0.25) is 0 Å². The quantitative estimate of drug-likeness (QED) is 0.782. The molecule has 2 amide bonds. The van der Waals surface area contributed by atoms with E-state index in [0.717, 1.165) is 57.7 Å². The van der Waals surface area contributed by atoms with Crippen molar-refractivity contribution in [2.45, 2.75) is 26.3 Å². The zero-order valence-electron chi connectivity index (χ0n) is 12.7. The van der Waals surface area contributed by atoms with Crippen molar-refractivity contribution in [3.8, 4) is 0 Å². The number of quaternary nitrogens is 1. The van der Waals surface area contributed by atoms with Gasteiger partial charge in [0.25, 0.3) is 0 Å². The van der Waals surface area contributed by atoms with Gasteiger partial charge in [-0.15, -0.1) is 0 Å². The van der Waals surface area contributed by atoms with Crippen molar-refractivity contribution in [3.63, 3.8) is 0 Å². The highest BCUT2D eigenvalue weighted by Crippen LogP contribution is 2.01. The van der Waals surface area contributed by atoms with Gasteiger partial charge in [-0.2, -0.15) is 0 Å². The van der Waals surface area contributed by atoms with Gasteiger partial charge >= 0.3 is 6.03 Å². The number of benzene rings is 1. The number of nitrogens with one attached hydrogen (secondary N) is 2.